The summed E-state index contributed by atoms with van der Waals surface area (Å²) in [5.41, 5.74) is 2.20. The SMILES string of the molecule is CCNC(Cc1ccc(F)cc1C)C1CN(C)CCO1. The van der Waals surface area contributed by atoms with Crippen molar-refractivity contribution in [2.45, 2.75) is 32.4 Å². The van der Waals surface area contributed by atoms with E-state index in [2.05, 4.69) is 24.2 Å². The van der Waals surface area contributed by atoms with Gasteiger partial charge in [0.1, 0.15) is 5.82 Å². The van der Waals surface area contributed by atoms with Crippen molar-refractivity contribution in [3.05, 3.63) is 35.1 Å². The van der Waals surface area contributed by atoms with Gasteiger partial charge in [0, 0.05) is 19.1 Å². The van der Waals surface area contributed by atoms with E-state index < -0.39 is 0 Å². The van der Waals surface area contributed by atoms with Gasteiger partial charge in [-0.1, -0.05) is 13.0 Å². The Morgan fingerprint density at radius 1 is 1.50 bits per heavy atom. The van der Waals surface area contributed by atoms with Crippen molar-refractivity contribution in [1.82, 2.24) is 10.2 Å². The van der Waals surface area contributed by atoms with Crippen LogP contribution in [0.5, 0.6) is 0 Å². The number of nitrogens with one attached hydrogen (secondary N) is 1. The van der Waals surface area contributed by atoms with Crippen LogP contribution in [0.3, 0.4) is 0 Å². The number of morpholine rings is 1. The molecule has 2 rings (SSSR count). The molecule has 1 aliphatic heterocycles. The lowest BCUT2D eigenvalue weighted by Gasteiger charge is -2.35. The van der Waals surface area contributed by atoms with E-state index in [-0.39, 0.29) is 18.0 Å². The van der Waals surface area contributed by atoms with Gasteiger partial charge in [-0.3, -0.25) is 0 Å². The average Bonchev–Trinajstić information content (AvgIpc) is 2.41. The van der Waals surface area contributed by atoms with E-state index in [9.17, 15) is 4.39 Å². The van der Waals surface area contributed by atoms with Crippen LogP contribution in [-0.4, -0.2) is 50.3 Å². The number of nitrogens with zero attached hydrogens (tertiary/aromatic N) is 1. The van der Waals surface area contributed by atoms with Crippen molar-refractivity contribution >= 4 is 0 Å². The quantitative estimate of drug-likeness (QED) is 0.892. The van der Waals surface area contributed by atoms with Crippen LogP contribution >= 0.6 is 0 Å². The number of ether oxygens (including phenoxy) is 1. The number of hydrogen-bond acceptors (Lipinski definition) is 3. The van der Waals surface area contributed by atoms with Crippen molar-refractivity contribution in [3.63, 3.8) is 0 Å². The molecule has 0 radical (unpaired) electrons. The minimum atomic E-state index is -0.167. The first-order chi connectivity index (χ1) is 9.60. The molecule has 1 saturated heterocycles. The summed E-state index contributed by atoms with van der Waals surface area (Å²) >= 11 is 0. The molecule has 1 N–H and O–H groups in total. The highest BCUT2D eigenvalue weighted by Gasteiger charge is 2.26. The number of aryl methyl sites for hydroxylation is 1. The van der Waals surface area contributed by atoms with E-state index in [1.165, 1.54) is 5.56 Å². The fourth-order valence-electron chi connectivity index (χ4n) is 2.78. The van der Waals surface area contributed by atoms with Gasteiger partial charge in [-0.25, -0.2) is 4.39 Å². The molecule has 0 amide bonds. The summed E-state index contributed by atoms with van der Waals surface area (Å²) in [4.78, 5) is 2.30. The van der Waals surface area contributed by atoms with Crippen LogP contribution in [0.1, 0.15) is 18.1 Å². The molecule has 1 heterocycles. The van der Waals surface area contributed by atoms with E-state index >= 15 is 0 Å². The predicted molar refractivity (Wildman–Crippen MR) is 79.5 cm³/mol. The Kier molecular flexibility index (Phi) is 5.52. The number of benzene rings is 1. The van der Waals surface area contributed by atoms with Gasteiger partial charge < -0.3 is 15.0 Å². The highest BCUT2D eigenvalue weighted by Crippen LogP contribution is 2.16. The van der Waals surface area contributed by atoms with Gasteiger partial charge >= 0.3 is 0 Å². The highest BCUT2D eigenvalue weighted by atomic mass is 19.1. The number of hydrogen-bond donors (Lipinski definition) is 1. The molecule has 1 fully saturated rings. The van der Waals surface area contributed by atoms with Crippen molar-refractivity contribution in [1.29, 1.82) is 0 Å². The van der Waals surface area contributed by atoms with Crippen molar-refractivity contribution in [3.8, 4) is 0 Å². The van der Waals surface area contributed by atoms with E-state index in [4.69, 9.17) is 4.74 Å². The topological polar surface area (TPSA) is 24.5 Å². The minimum Gasteiger partial charge on any atom is -0.374 e. The largest absolute Gasteiger partial charge is 0.374 e. The van der Waals surface area contributed by atoms with E-state index in [1.807, 2.05) is 13.0 Å². The molecule has 4 heteroatoms. The summed E-state index contributed by atoms with van der Waals surface area (Å²) in [6.45, 7) is 7.70. The lowest BCUT2D eigenvalue weighted by atomic mass is 9.96. The standard InChI is InChI=1S/C16H25FN2O/c1-4-18-15(16-11-19(3)7-8-20-16)10-13-5-6-14(17)9-12(13)2/h5-6,9,15-16,18H,4,7-8,10-11H2,1-3H3. The first-order valence-corrected chi connectivity index (χ1v) is 7.38. The molecule has 3 nitrogen and oxygen atoms in total. The third-order valence-electron chi connectivity index (χ3n) is 3.96. The Morgan fingerprint density at radius 3 is 2.95 bits per heavy atom. The fourth-order valence-corrected chi connectivity index (χ4v) is 2.78. The molecule has 0 aliphatic carbocycles. The molecule has 1 aromatic rings. The molecule has 0 spiro atoms. The molecule has 0 saturated carbocycles. The van der Waals surface area contributed by atoms with Crippen LogP contribution in [0.4, 0.5) is 4.39 Å². The first kappa shape index (κ1) is 15.4. The summed E-state index contributed by atoms with van der Waals surface area (Å²) in [7, 11) is 2.13. The maximum absolute atomic E-state index is 13.2. The Labute approximate surface area is 121 Å². The minimum absolute atomic E-state index is 0.167. The molecule has 2 atom stereocenters. The lowest BCUT2D eigenvalue weighted by molar-refractivity contribution is -0.0381. The first-order valence-electron chi connectivity index (χ1n) is 7.38. The molecule has 1 aliphatic rings. The smallest absolute Gasteiger partial charge is 0.123 e. The van der Waals surface area contributed by atoms with Crippen LogP contribution in [0.15, 0.2) is 18.2 Å². The number of likely N-dealkylation sites (N-methyl/N-ethyl adjacent to an activating group) is 2. The van der Waals surface area contributed by atoms with Crippen molar-refractivity contribution < 1.29 is 9.13 Å². The third-order valence-corrected chi connectivity index (χ3v) is 3.96. The van der Waals surface area contributed by atoms with Gasteiger partial charge in [0.2, 0.25) is 0 Å². The van der Waals surface area contributed by atoms with Crippen LogP contribution in [0.25, 0.3) is 0 Å². The van der Waals surface area contributed by atoms with Gasteiger partial charge in [0.05, 0.1) is 12.7 Å². The zero-order valence-electron chi connectivity index (χ0n) is 12.7. The predicted octanol–water partition coefficient (Wildman–Crippen LogP) is 1.99. The highest BCUT2D eigenvalue weighted by molar-refractivity contribution is 5.27. The Balaban J connectivity index is 2.08. The Bertz CT molecular complexity index is 438. The number of rotatable bonds is 5. The average molecular weight is 280 g/mol. The fraction of sp³-hybridized carbons (Fsp3) is 0.625. The van der Waals surface area contributed by atoms with Gasteiger partial charge in [0.15, 0.2) is 0 Å². The van der Waals surface area contributed by atoms with Crippen LogP contribution in [0.2, 0.25) is 0 Å². The molecule has 112 valence electrons. The summed E-state index contributed by atoms with van der Waals surface area (Å²) < 4.78 is 19.1. The summed E-state index contributed by atoms with van der Waals surface area (Å²) in [6.07, 6.45) is 1.07. The van der Waals surface area contributed by atoms with Gasteiger partial charge in [0.25, 0.3) is 0 Å². The van der Waals surface area contributed by atoms with E-state index in [0.717, 1.165) is 38.2 Å². The van der Waals surface area contributed by atoms with Gasteiger partial charge in [-0.15, -0.1) is 0 Å². The summed E-state index contributed by atoms with van der Waals surface area (Å²) in [6, 6.07) is 5.30. The second-order valence-electron chi connectivity index (χ2n) is 5.61. The van der Waals surface area contributed by atoms with Crippen molar-refractivity contribution in [2.24, 2.45) is 0 Å². The van der Waals surface area contributed by atoms with E-state index in [1.54, 1.807) is 12.1 Å². The monoisotopic (exact) mass is 280 g/mol. The normalized spacial score (nSPS) is 21.9. The summed E-state index contributed by atoms with van der Waals surface area (Å²) in [5.74, 6) is -0.167. The van der Waals surface area contributed by atoms with Gasteiger partial charge in [-0.2, -0.15) is 0 Å². The maximum atomic E-state index is 13.2. The van der Waals surface area contributed by atoms with E-state index in [0.29, 0.717) is 0 Å². The Hall–Kier alpha value is -0.970. The molecule has 20 heavy (non-hydrogen) atoms. The zero-order chi connectivity index (χ0) is 14.5. The lowest BCUT2D eigenvalue weighted by Crippen LogP contribution is -2.52. The third kappa shape index (κ3) is 4.01. The maximum Gasteiger partial charge on any atom is 0.123 e. The van der Waals surface area contributed by atoms with Crippen molar-refractivity contribution in [2.75, 3.05) is 33.3 Å². The molecule has 2 unspecified atom stereocenters. The molecule has 0 aromatic heterocycles. The number of halogens is 1. The molecule has 0 bridgehead atoms. The zero-order valence-corrected chi connectivity index (χ0v) is 12.7. The van der Waals surface area contributed by atoms with Crippen LogP contribution in [0, 0.1) is 12.7 Å². The Morgan fingerprint density at radius 2 is 2.30 bits per heavy atom. The van der Waals surface area contributed by atoms with Gasteiger partial charge in [-0.05, 0) is 50.2 Å². The molecular weight excluding hydrogens is 255 g/mol. The molecular formula is C16H25FN2O. The van der Waals surface area contributed by atoms with Crippen LogP contribution < -0.4 is 5.32 Å². The second-order valence-corrected chi connectivity index (χ2v) is 5.61. The summed E-state index contributed by atoms with van der Waals surface area (Å²) in [5, 5.41) is 3.52. The van der Waals surface area contributed by atoms with Crippen LogP contribution in [-0.2, 0) is 11.2 Å². The second kappa shape index (κ2) is 7.16. The molecule has 1 aromatic carbocycles.